The highest BCUT2D eigenvalue weighted by atomic mass is 16.5. The largest absolute Gasteiger partial charge is 0.459 e. The van der Waals surface area contributed by atoms with Gasteiger partial charge in [-0.1, -0.05) is 35.5 Å². The van der Waals surface area contributed by atoms with Gasteiger partial charge in [0.25, 0.3) is 11.8 Å². The maximum Gasteiger partial charge on any atom is 0.325 e. The second kappa shape index (κ2) is 5.59. The number of benzene rings is 1. The number of rotatable bonds is 4. The maximum absolute atomic E-state index is 12.8. The first-order valence-electron chi connectivity index (χ1n) is 7.64. The quantitative estimate of drug-likeness (QED) is 0.732. The molecule has 0 unspecified atom stereocenters. The summed E-state index contributed by atoms with van der Waals surface area (Å²) in [6, 6.07) is 12.0. The molecule has 8 heteroatoms. The Balaban J connectivity index is 1.57. The number of carbonyl (C=O) groups is 2. The van der Waals surface area contributed by atoms with Crippen LogP contribution in [-0.4, -0.2) is 27.0 Å². The number of aromatic nitrogens is 2. The van der Waals surface area contributed by atoms with Gasteiger partial charge in [-0.2, -0.15) is 4.98 Å². The molecular formula is C17H14N4O4. The van der Waals surface area contributed by atoms with Gasteiger partial charge >= 0.3 is 6.03 Å². The van der Waals surface area contributed by atoms with Crippen LogP contribution in [0.3, 0.4) is 0 Å². The van der Waals surface area contributed by atoms with Crippen LogP contribution in [-0.2, 0) is 16.9 Å². The van der Waals surface area contributed by atoms with E-state index >= 15 is 0 Å². The van der Waals surface area contributed by atoms with E-state index in [0.29, 0.717) is 11.3 Å². The van der Waals surface area contributed by atoms with Crippen molar-refractivity contribution >= 4 is 11.9 Å². The van der Waals surface area contributed by atoms with Gasteiger partial charge in [-0.15, -0.1) is 0 Å². The predicted octanol–water partition coefficient (Wildman–Crippen LogP) is 2.30. The first-order valence-corrected chi connectivity index (χ1v) is 7.64. The number of amides is 3. The summed E-state index contributed by atoms with van der Waals surface area (Å²) in [7, 11) is 0. The highest BCUT2D eigenvalue weighted by molar-refractivity contribution is 6.07. The average molecular weight is 338 g/mol. The predicted molar refractivity (Wildman–Crippen MR) is 84.9 cm³/mol. The van der Waals surface area contributed by atoms with Crippen molar-refractivity contribution in [3.63, 3.8) is 0 Å². The van der Waals surface area contributed by atoms with Crippen LogP contribution in [0.5, 0.6) is 0 Å². The molecule has 3 aromatic rings. The number of nitrogens with zero attached hydrogens (tertiary/aromatic N) is 3. The second-order valence-electron chi connectivity index (χ2n) is 5.81. The Morgan fingerprint density at radius 1 is 1.16 bits per heavy atom. The summed E-state index contributed by atoms with van der Waals surface area (Å²) in [5.74, 6) is 0.461. The minimum Gasteiger partial charge on any atom is -0.459 e. The number of imide groups is 1. The van der Waals surface area contributed by atoms with Crippen molar-refractivity contribution < 1.29 is 18.5 Å². The number of carbonyl (C=O) groups excluding carboxylic acids is 2. The molecule has 0 radical (unpaired) electrons. The van der Waals surface area contributed by atoms with Crippen LogP contribution in [0, 0.1) is 0 Å². The van der Waals surface area contributed by atoms with Crippen LogP contribution in [0.2, 0.25) is 0 Å². The van der Waals surface area contributed by atoms with Crippen LogP contribution in [0.1, 0.15) is 18.3 Å². The molecule has 3 heterocycles. The van der Waals surface area contributed by atoms with Gasteiger partial charge in [-0.25, -0.2) is 4.79 Å². The highest BCUT2D eigenvalue weighted by Crippen LogP contribution is 2.29. The number of hydrogen-bond acceptors (Lipinski definition) is 6. The van der Waals surface area contributed by atoms with Gasteiger partial charge in [0.05, 0.1) is 12.8 Å². The number of nitrogens with one attached hydrogen (secondary N) is 1. The monoisotopic (exact) mass is 338 g/mol. The van der Waals surface area contributed by atoms with Crippen molar-refractivity contribution in [2.75, 3.05) is 0 Å². The van der Waals surface area contributed by atoms with Crippen molar-refractivity contribution in [1.29, 1.82) is 0 Å². The molecule has 25 heavy (non-hydrogen) atoms. The summed E-state index contributed by atoms with van der Waals surface area (Å²) in [6.07, 6.45) is 1.49. The molecule has 1 aliphatic rings. The lowest BCUT2D eigenvalue weighted by Gasteiger charge is -2.21. The van der Waals surface area contributed by atoms with E-state index in [1.807, 2.05) is 18.2 Å². The molecule has 1 atom stereocenters. The van der Waals surface area contributed by atoms with Gasteiger partial charge in [0.1, 0.15) is 5.54 Å². The molecule has 1 fully saturated rings. The molecule has 1 saturated heterocycles. The number of hydrogen-bond donors (Lipinski definition) is 1. The van der Waals surface area contributed by atoms with Gasteiger partial charge in [0.2, 0.25) is 0 Å². The lowest BCUT2D eigenvalue weighted by molar-refractivity contribution is -0.131. The third-order valence-corrected chi connectivity index (χ3v) is 4.13. The van der Waals surface area contributed by atoms with E-state index in [9.17, 15) is 9.59 Å². The first kappa shape index (κ1) is 15.1. The third kappa shape index (κ3) is 2.47. The van der Waals surface area contributed by atoms with E-state index in [2.05, 4.69) is 15.5 Å². The third-order valence-electron chi connectivity index (χ3n) is 4.13. The Morgan fingerprint density at radius 2 is 1.96 bits per heavy atom. The minimum absolute atomic E-state index is 0.0860. The first-order chi connectivity index (χ1) is 12.1. The Bertz CT molecular complexity index is 919. The zero-order valence-electron chi connectivity index (χ0n) is 13.3. The summed E-state index contributed by atoms with van der Waals surface area (Å²) in [4.78, 5) is 30.4. The lowest BCUT2D eigenvalue weighted by atomic mass is 9.92. The topological polar surface area (TPSA) is 101 Å². The van der Waals surface area contributed by atoms with Gasteiger partial charge in [-0.05, 0) is 24.6 Å². The summed E-state index contributed by atoms with van der Waals surface area (Å²) in [5.41, 5.74) is -0.411. The van der Waals surface area contributed by atoms with Crippen LogP contribution in [0.4, 0.5) is 4.79 Å². The van der Waals surface area contributed by atoms with Crippen molar-refractivity contribution in [3.8, 4) is 11.7 Å². The Morgan fingerprint density at radius 3 is 2.68 bits per heavy atom. The number of urea groups is 1. The summed E-state index contributed by atoms with van der Waals surface area (Å²) >= 11 is 0. The van der Waals surface area contributed by atoms with Crippen molar-refractivity contribution in [2.45, 2.75) is 19.0 Å². The van der Waals surface area contributed by atoms with Crippen molar-refractivity contribution in [2.24, 2.45) is 0 Å². The summed E-state index contributed by atoms with van der Waals surface area (Å²) in [5, 5.41) is 6.54. The molecule has 2 aromatic heterocycles. The van der Waals surface area contributed by atoms with Gasteiger partial charge in [0, 0.05) is 0 Å². The molecule has 8 nitrogen and oxygen atoms in total. The zero-order valence-corrected chi connectivity index (χ0v) is 13.3. The fourth-order valence-corrected chi connectivity index (χ4v) is 2.77. The van der Waals surface area contributed by atoms with E-state index in [1.54, 1.807) is 31.2 Å². The van der Waals surface area contributed by atoms with Crippen LogP contribution in [0.25, 0.3) is 11.7 Å². The molecule has 0 saturated carbocycles. The molecule has 3 amide bonds. The Kier molecular flexibility index (Phi) is 3.38. The molecule has 1 aliphatic heterocycles. The zero-order chi connectivity index (χ0) is 17.4. The van der Waals surface area contributed by atoms with E-state index in [-0.39, 0.29) is 24.2 Å². The van der Waals surface area contributed by atoms with Gasteiger partial charge < -0.3 is 14.3 Å². The molecule has 4 rings (SSSR count). The van der Waals surface area contributed by atoms with Crippen molar-refractivity contribution in [3.05, 3.63) is 60.1 Å². The molecule has 1 N–H and O–H groups in total. The summed E-state index contributed by atoms with van der Waals surface area (Å²) < 4.78 is 10.3. The van der Waals surface area contributed by atoms with Crippen LogP contribution in [0.15, 0.2) is 57.7 Å². The fraction of sp³-hybridized carbons (Fsp3) is 0.176. The molecule has 0 bridgehead atoms. The van der Waals surface area contributed by atoms with E-state index in [1.165, 1.54) is 6.26 Å². The normalized spacial score (nSPS) is 20.1. The second-order valence-corrected chi connectivity index (χ2v) is 5.81. The minimum atomic E-state index is -1.12. The van der Waals surface area contributed by atoms with E-state index in [0.717, 1.165) is 4.90 Å². The Hall–Kier alpha value is -3.42. The molecule has 0 spiro atoms. The number of furan rings is 1. The molecular weight excluding hydrogens is 324 g/mol. The maximum atomic E-state index is 12.8. The summed E-state index contributed by atoms with van der Waals surface area (Å²) in [6.45, 7) is 1.59. The molecule has 1 aromatic carbocycles. The van der Waals surface area contributed by atoms with Crippen LogP contribution >= 0.6 is 0 Å². The Labute approximate surface area is 142 Å². The SMILES string of the molecule is C[C@]1(c2ccccc2)NC(=O)N(Cc2noc(-c3ccco3)n2)C1=O. The standard InChI is InChI=1S/C17H14N4O4/c1-17(11-6-3-2-4-7-11)15(22)21(16(23)19-17)10-13-18-14(25-20-13)12-8-5-9-24-12/h2-9H,10H2,1H3,(H,19,23)/t17-/m1/s1. The lowest BCUT2D eigenvalue weighted by Crippen LogP contribution is -2.40. The highest BCUT2D eigenvalue weighted by Gasteiger charge is 2.49. The smallest absolute Gasteiger partial charge is 0.325 e. The molecule has 0 aliphatic carbocycles. The van der Waals surface area contributed by atoms with Gasteiger partial charge in [-0.3, -0.25) is 9.69 Å². The van der Waals surface area contributed by atoms with E-state index in [4.69, 9.17) is 8.94 Å². The average Bonchev–Trinajstić information content (AvgIpc) is 3.34. The van der Waals surface area contributed by atoms with Crippen molar-refractivity contribution in [1.82, 2.24) is 20.4 Å². The fourth-order valence-electron chi connectivity index (χ4n) is 2.77. The molecule has 126 valence electrons. The van der Waals surface area contributed by atoms with E-state index < -0.39 is 11.6 Å². The van der Waals surface area contributed by atoms with Gasteiger partial charge in [0.15, 0.2) is 11.6 Å². The van der Waals surface area contributed by atoms with Crippen LogP contribution < -0.4 is 5.32 Å².